The second-order valence-corrected chi connectivity index (χ2v) is 7.27. The number of amides is 1. The van der Waals surface area contributed by atoms with Gasteiger partial charge in [-0.15, -0.1) is 0 Å². The molecule has 1 saturated heterocycles. The molecule has 0 radical (unpaired) electrons. The average molecular weight is 384 g/mol. The van der Waals surface area contributed by atoms with E-state index in [2.05, 4.69) is 40.8 Å². The molecular weight excluding hydrogens is 356 g/mol. The van der Waals surface area contributed by atoms with E-state index in [1.807, 2.05) is 17.9 Å². The molecule has 1 aromatic carbocycles. The molecular formula is C21H28N4O3. The summed E-state index contributed by atoms with van der Waals surface area (Å²) in [6, 6.07) is 6.15. The second kappa shape index (κ2) is 8.91. The number of rotatable bonds is 6. The summed E-state index contributed by atoms with van der Waals surface area (Å²) in [7, 11) is 1.57. The molecule has 2 aromatic rings. The van der Waals surface area contributed by atoms with Crippen LogP contribution >= 0.6 is 0 Å². The molecule has 3 rings (SSSR count). The maximum atomic E-state index is 12.6. The van der Waals surface area contributed by atoms with Gasteiger partial charge in [0, 0.05) is 26.2 Å². The SMILES string of the molecule is COc1cncc(N2CCN(C(=O)COc3cc(C)ccc3C(C)C)CC2)n1. The summed E-state index contributed by atoms with van der Waals surface area (Å²) in [5, 5.41) is 0. The highest BCUT2D eigenvalue weighted by Crippen LogP contribution is 2.27. The molecule has 1 aliphatic heterocycles. The minimum atomic E-state index is 0.00703. The molecule has 0 spiro atoms. The van der Waals surface area contributed by atoms with Crippen molar-refractivity contribution in [1.82, 2.24) is 14.9 Å². The molecule has 1 aromatic heterocycles. The Balaban J connectivity index is 1.55. The van der Waals surface area contributed by atoms with Gasteiger partial charge >= 0.3 is 0 Å². The van der Waals surface area contributed by atoms with Gasteiger partial charge in [-0.1, -0.05) is 26.0 Å². The summed E-state index contributed by atoms with van der Waals surface area (Å²) in [6.45, 7) is 9.00. The average Bonchev–Trinajstić information content (AvgIpc) is 2.72. The van der Waals surface area contributed by atoms with Crippen LogP contribution in [0.3, 0.4) is 0 Å². The van der Waals surface area contributed by atoms with Gasteiger partial charge < -0.3 is 19.3 Å². The molecule has 7 nitrogen and oxygen atoms in total. The van der Waals surface area contributed by atoms with Gasteiger partial charge in [-0.05, 0) is 30.0 Å². The highest BCUT2D eigenvalue weighted by atomic mass is 16.5. The molecule has 1 amide bonds. The fourth-order valence-electron chi connectivity index (χ4n) is 3.25. The number of nitrogens with zero attached hydrogens (tertiary/aromatic N) is 4. The van der Waals surface area contributed by atoms with Crippen molar-refractivity contribution >= 4 is 11.7 Å². The lowest BCUT2D eigenvalue weighted by molar-refractivity contribution is -0.133. The number of aromatic nitrogens is 2. The van der Waals surface area contributed by atoms with Crippen molar-refractivity contribution in [2.75, 3.05) is 44.8 Å². The number of piperazine rings is 1. The Morgan fingerprint density at radius 3 is 2.61 bits per heavy atom. The van der Waals surface area contributed by atoms with Crippen molar-refractivity contribution in [2.45, 2.75) is 26.7 Å². The van der Waals surface area contributed by atoms with Gasteiger partial charge in [-0.3, -0.25) is 9.78 Å². The first-order chi connectivity index (χ1) is 13.5. The Morgan fingerprint density at radius 2 is 1.93 bits per heavy atom. The number of benzene rings is 1. The third-order valence-corrected chi connectivity index (χ3v) is 4.91. The highest BCUT2D eigenvalue weighted by molar-refractivity contribution is 5.78. The lowest BCUT2D eigenvalue weighted by Gasteiger charge is -2.35. The maximum absolute atomic E-state index is 12.6. The third-order valence-electron chi connectivity index (χ3n) is 4.91. The van der Waals surface area contributed by atoms with E-state index in [-0.39, 0.29) is 12.5 Å². The van der Waals surface area contributed by atoms with Crippen molar-refractivity contribution in [3.63, 3.8) is 0 Å². The van der Waals surface area contributed by atoms with Gasteiger partial charge in [0.25, 0.3) is 5.91 Å². The van der Waals surface area contributed by atoms with Crippen LogP contribution in [0.4, 0.5) is 5.82 Å². The summed E-state index contributed by atoms with van der Waals surface area (Å²) < 4.78 is 11.0. The van der Waals surface area contributed by atoms with Gasteiger partial charge in [0.1, 0.15) is 5.75 Å². The second-order valence-electron chi connectivity index (χ2n) is 7.27. The Labute approximate surface area is 166 Å². The minimum absolute atomic E-state index is 0.00703. The van der Waals surface area contributed by atoms with Crippen LogP contribution in [-0.2, 0) is 4.79 Å². The first-order valence-electron chi connectivity index (χ1n) is 9.60. The summed E-state index contributed by atoms with van der Waals surface area (Å²) in [5.74, 6) is 2.41. The Morgan fingerprint density at radius 1 is 1.18 bits per heavy atom. The fraction of sp³-hybridized carbons (Fsp3) is 0.476. The standard InChI is InChI=1S/C21H28N4O3/c1-15(2)17-6-5-16(3)11-18(17)28-14-21(26)25-9-7-24(8-10-25)19-12-22-13-20(23-19)27-4/h5-6,11-13,15H,7-10,14H2,1-4H3. The molecule has 150 valence electrons. The third kappa shape index (κ3) is 4.71. The topological polar surface area (TPSA) is 67.8 Å². The number of carbonyl (C=O) groups is 1. The Bertz CT molecular complexity index is 817. The lowest BCUT2D eigenvalue weighted by atomic mass is 10.0. The van der Waals surface area contributed by atoms with Crippen LogP contribution < -0.4 is 14.4 Å². The van der Waals surface area contributed by atoms with E-state index in [1.165, 1.54) is 0 Å². The smallest absolute Gasteiger partial charge is 0.260 e. The first-order valence-corrected chi connectivity index (χ1v) is 9.60. The maximum Gasteiger partial charge on any atom is 0.260 e. The molecule has 28 heavy (non-hydrogen) atoms. The van der Waals surface area contributed by atoms with Gasteiger partial charge in [-0.25, -0.2) is 0 Å². The molecule has 0 aliphatic carbocycles. The van der Waals surface area contributed by atoms with Gasteiger partial charge in [-0.2, -0.15) is 4.98 Å². The monoisotopic (exact) mass is 384 g/mol. The van der Waals surface area contributed by atoms with Crippen LogP contribution in [0.5, 0.6) is 11.6 Å². The number of hydrogen-bond donors (Lipinski definition) is 0. The molecule has 7 heteroatoms. The zero-order valence-electron chi connectivity index (χ0n) is 17.0. The molecule has 0 unspecified atom stereocenters. The van der Waals surface area contributed by atoms with Crippen LogP contribution in [0.15, 0.2) is 30.6 Å². The van der Waals surface area contributed by atoms with Crippen LogP contribution in [-0.4, -0.2) is 60.7 Å². The first kappa shape index (κ1) is 19.9. The number of hydrogen-bond acceptors (Lipinski definition) is 6. The summed E-state index contributed by atoms with van der Waals surface area (Å²) >= 11 is 0. The zero-order chi connectivity index (χ0) is 20.1. The van der Waals surface area contributed by atoms with Crippen LogP contribution in [0.1, 0.15) is 30.9 Å². The number of anilines is 1. The molecule has 1 aliphatic rings. The molecule has 1 fully saturated rings. The normalized spacial score (nSPS) is 14.3. The molecule has 2 heterocycles. The van der Waals surface area contributed by atoms with Crippen molar-refractivity contribution in [3.8, 4) is 11.6 Å². The molecule has 0 bridgehead atoms. The minimum Gasteiger partial charge on any atom is -0.483 e. The lowest BCUT2D eigenvalue weighted by Crippen LogP contribution is -2.50. The van der Waals surface area contributed by atoms with Gasteiger partial charge in [0.05, 0.1) is 19.5 Å². The molecule has 0 N–H and O–H groups in total. The Hall–Kier alpha value is -2.83. The van der Waals surface area contributed by atoms with E-state index < -0.39 is 0 Å². The predicted octanol–water partition coefficient (Wildman–Crippen LogP) is 2.64. The van der Waals surface area contributed by atoms with Crippen LogP contribution in [0.2, 0.25) is 0 Å². The number of methoxy groups -OCH3 is 1. The largest absolute Gasteiger partial charge is 0.483 e. The fourth-order valence-corrected chi connectivity index (χ4v) is 3.25. The zero-order valence-corrected chi connectivity index (χ0v) is 17.0. The van der Waals surface area contributed by atoms with Crippen molar-refractivity contribution in [3.05, 3.63) is 41.7 Å². The summed E-state index contributed by atoms with van der Waals surface area (Å²) in [4.78, 5) is 25.1. The van der Waals surface area contributed by atoms with Gasteiger partial charge in [0.2, 0.25) is 5.88 Å². The summed E-state index contributed by atoms with van der Waals surface area (Å²) in [6.07, 6.45) is 3.30. The van der Waals surface area contributed by atoms with E-state index in [4.69, 9.17) is 9.47 Å². The van der Waals surface area contributed by atoms with E-state index in [1.54, 1.807) is 19.5 Å². The highest BCUT2D eigenvalue weighted by Gasteiger charge is 2.23. The van der Waals surface area contributed by atoms with Crippen molar-refractivity contribution in [1.29, 1.82) is 0 Å². The van der Waals surface area contributed by atoms with E-state index in [0.29, 0.717) is 38.0 Å². The van der Waals surface area contributed by atoms with Crippen LogP contribution in [0, 0.1) is 6.92 Å². The van der Waals surface area contributed by atoms with Crippen molar-refractivity contribution < 1.29 is 14.3 Å². The van der Waals surface area contributed by atoms with E-state index in [9.17, 15) is 4.79 Å². The number of carbonyl (C=O) groups excluding carboxylic acids is 1. The summed E-state index contributed by atoms with van der Waals surface area (Å²) in [5.41, 5.74) is 2.25. The number of aryl methyl sites for hydroxylation is 1. The number of ether oxygens (including phenoxy) is 2. The van der Waals surface area contributed by atoms with Gasteiger partial charge in [0.15, 0.2) is 12.4 Å². The van der Waals surface area contributed by atoms with E-state index >= 15 is 0 Å². The van der Waals surface area contributed by atoms with Crippen LogP contribution in [0.25, 0.3) is 0 Å². The van der Waals surface area contributed by atoms with Crippen molar-refractivity contribution in [2.24, 2.45) is 0 Å². The molecule has 0 saturated carbocycles. The Kier molecular flexibility index (Phi) is 6.34. The van der Waals surface area contributed by atoms with E-state index in [0.717, 1.165) is 22.7 Å². The molecule has 0 atom stereocenters. The quantitative estimate of drug-likeness (QED) is 0.763. The predicted molar refractivity (Wildman–Crippen MR) is 108 cm³/mol.